The van der Waals surface area contributed by atoms with Crippen molar-refractivity contribution in [3.63, 3.8) is 0 Å². The first-order valence-electron chi connectivity index (χ1n) is 10.9. The molecule has 4 amide bonds. The first-order valence-corrected chi connectivity index (χ1v) is 10.9. The molecule has 1 aromatic rings. The van der Waals surface area contributed by atoms with Crippen LogP contribution in [0.2, 0.25) is 0 Å². The zero-order chi connectivity index (χ0) is 23.0. The fourth-order valence-electron chi connectivity index (χ4n) is 4.32. The quantitative estimate of drug-likeness (QED) is 0.411. The van der Waals surface area contributed by atoms with Crippen LogP contribution in [0.25, 0.3) is 0 Å². The minimum Gasteiger partial charge on any atom is -0.335 e. The van der Waals surface area contributed by atoms with Gasteiger partial charge in [0, 0.05) is 30.6 Å². The van der Waals surface area contributed by atoms with Crippen molar-refractivity contribution < 1.29 is 23.2 Å². The molecular weight excluding hydrogens is 420 g/mol. The molecule has 4 N–H and O–H groups in total. The van der Waals surface area contributed by atoms with Gasteiger partial charge >= 0.3 is 12.0 Å². The molecule has 2 aliphatic carbocycles. The molecule has 1 unspecified atom stereocenters. The first kappa shape index (κ1) is 22.2. The van der Waals surface area contributed by atoms with Crippen LogP contribution < -0.4 is 16.0 Å². The third-order valence-electron chi connectivity index (χ3n) is 6.23. The Balaban J connectivity index is 1.46. The number of carbonyl (C=O) groups is 3. The highest BCUT2D eigenvalue weighted by Gasteiger charge is 2.39. The van der Waals surface area contributed by atoms with Gasteiger partial charge in [-0.2, -0.15) is 8.78 Å². The number of carbonyl (C=O) groups excluding carboxylic acids is 3. The van der Waals surface area contributed by atoms with Crippen molar-refractivity contribution in [2.45, 2.75) is 76.0 Å². The van der Waals surface area contributed by atoms with E-state index in [1.165, 1.54) is 12.1 Å². The summed E-state index contributed by atoms with van der Waals surface area (Å²) in [6.45, 7) is 0.841. The van der Waals surface area contributed by atoms with E-state index in [0.29, 0.717) is 19.0 Å². The van der Waals surface area contributed by atoms with E-state index in [4.69, 9.17) is 5.41 Å². The Labute approximate surface area is 184 Å². The molecule has 0 bridgehead atoms. The van der Waals surface area contributed by atoms with Crippen LogP contribution in [0, 0.1) is 5.41 Å². The Bertz CT molecular complexity index is 957. The third kappa shape index (κ3) is 4.73. The number of amides is 4. The van der Waals surface area contributed by atoms with Crippen LogP contribution in [0.15, 0.2) is 18.2 Å². The molecule has 1 aliphatic heterocycles. The topological polar surface area (TPSA) is 114 Å². The fraction of sp³-hybridized carbons (Fsp3) is 0.545. The van der Waals surface area contributed by atoms with Crippen LogP contribution in [0.3, 0.4) is 0 Å². The summed E-state index contributed by atoms with van der Waals surface area (Å²) in [6, 6.07) is 4.42. The van der Waals surface area contributed by atoms with Crippen molar-refractivity contribution in [3.05, 3.63) is 34.9 Å². The van der Waals surface area contributed by atoms with Gasteiger partial charge in [0.05, 0.1) is 12.1 Å². The van der Waals surface area contributed by atoms with Crippen LogP contribution in [0.5, 0.6) is 0 Å². The highest BCUT2D eigenvalue weighted by molar-refractivity contribution is 6.09. The van der Waals surface area contributed by atoms with E-state index in [0.717, 1.165) is 44.1 Å². The molecule has 172 valence electrons. The van der Waals surface area contributed by atoms with Crippen LogP contribution in [-0.4, -0.2) is 52.6 Å². The summed E-state index contributed by atoms with van der Waals surface area (Å²) in [5, 5.41) is 15.8. The Morgan fingerprint density at radius 3 is 2.53 bits per heavy atom. The number of alkyl halides is 2. The zero-order valence-corrected chi connectivity index (χ0v) is 17.8. The van der Waals surface area contributed by atoms with Gasteiger partial charge < -0.3 is 20.9 Å². The highest BCUT2D eigenvalue weighted by atomic mass is 19.3. The minimum absolute atomic E-state index is 0.144. The third-order valence-corrected chi connectivity index (χ3v) is 6.23. The zero-order valence-electron chi connectivity index (χ0n) is 17.8. The number of amidine groups is 1. The van der Waals surface area contributed by atoms with E-state index in [9.17, 15) is 23.2 Å². The summed E-state index contributed by atoms with van der Waals surface area (Å²) in [7, 11) is 0. The Hall–Kier alpha value is -3.04. The second-order valence-corrected chi connectivity index (χ2v) is 8.87. The molecule has 32 heavy (non-hydrogen) atoms. The van der Waals surface area contributed by atoms with Crippen molar-refractivity contribution in [2.75, 3.05) is 0 Å². The number of hydrogen-bond donors (Lipinski definition) is 4. The maximum atomic E-state index is 13.2. The number of urea groups is 1. The molecule has 8 nitrogen and oxygen atoms in total. The summed E-state index contributed by atoms with van der Waals surface area (Å²) in [5.74, 6) is -5.89. The van der Waals surface area contributed by atoms with Gasteiger partial charge in [0.2, 0.25) is 0 Å². The molecule has 0 spiro atoms. The van der Waals surface area contributed by atoms with E-state index in [-0.39, 0.29) is 35.6 Å². The van der Waals surface area contributed by atoms with Gasteiger partial charge in [0.25, 0.3) is 11.8 Å². The predicted octanol–water partition coefficient (Wildman–Crippen LogP) is 2.51. The molecule has 0 saturated heterocycles. The predicted molar refractivity (Wildman–Crippen MR) is 113 cm³/mol. The van der Waals surface area contributed by atoms with E-state index in [1.54, 1.807) is 11.0 Å². The summed E-state index contributed by atoms with van der Waals surface area (Å²) < 4.78 is 26.3. The van der Waals surface area contributed by atoms with Gasteiger partial charge in [0.15, 0.2) is 0 Å². The SMILES string of the molecule is CC(F)(F)C(=O)NC(=N)c1ccc2c(c1)C(=O)N(C1CCCC[C@H]1NC(=O)NC1CC1)C2. The lowest BCUT2D eigenvalue weighted by atomic mass is 9.89. The summed E-state index contributed by atoms with van der Waals surface area (Å²) in [4.78, 5) is 38.7. The van der Waals surface area contributed by atoms with Gasteiger partial charge in [-0.1, -0.05) is 25.0 Å². The Kier molecular flexibility index (Phi) is 5.87. The van der Waals surface area contributed by atoms with Crippen LogP contribution in [-0.2, 0) is 11.3 Å². The standard InChI is InChI=1S/C22H27F2N5O3/c1-22(23,24)20(31)28-18(25)12-6-7-13-11-29(19(30)15(13)10-12)17-5-3-2-4-16(17)27-21(32)26-14-8-9-14/h6-7,10,14,16-17H,2-5,8-9,11H2,1H3,(H2,25,28,31)(H2,26,27,32)/t16-,17?/m1/s1. The van der Waals surface area contributed by atoms with E-state index in [2.05, 4.69) is 10.6 Å². The van der Waals surface area contributed by atoms with Crippen LogP contribution in [0.1, 0.15) is 66.9 Å². The molecule has 0 radical (unpaired) electrons. The number of fused-ring (bicyclic) bond motifs is 1. The molecule has 2 atom stereocenters. The van der Waals surface area contributed by atoms with Crippen LogP contribution >= 0.6 is 0 Å². The van der Waals surface area contributed by atoms with Gasteiger partial charge in [-0.15, -0.1) is 0 Å². The number of hydrogen-bond acceptors (Lipinski definition) is 4. The van der Waals surface area contributed by atoms with Crippen molar-refractivity contribution in [1.29, 1.82) is 5.41 Å². The maximum absolute atomic E-state index is 13.2. The minimum atomic E-state index is -3.61. The smallest absolute Gasteiger partial charge is 0.322 e. The van der Waals surface area contributed by atoms with Crippen molar-refractivity contribution in [1.82, 2.24) is 20.9 Å². The lowest BCUT2D eigenvalue weighted by molar-refractivity contribution is -0.141. The van der Waals surface area contributed by atoms with Crippen LogP contribution in [0.4, 0.5) is 13.6 Å². The molecule has 2 saturated carbocycles. The van der Waals surface area contributed by atoms with Gasteiger partial charge in [-0.05, 0) is 37.3 Å². The maximum Gasteiger partial charge on any atom is 0.322 e. The molecule has 3 aliphatic rings. The number of halogens is 2. The average molecular weight is 447 g/mol. The molecule has 4 rings (SSSR count). The van der Waals surface area contributed by atoms with E-state index < -0.39 is 17.7 Å². The second-order valence-electron chi connectivity index (χ2n) is 8.87. The lowest BCUT2D eigenvalue weighted by Gasteiger charge is -2.38. The molecule has 10 heteroatoms. The summed E-state index contributed by atoms with van der Waals surface area (Å²) in [6.07, 6.45) is 5.49. The molecular formula is C22H27F2N5O3. The normalized spacial score (nSPS) is 22.8. The highest BCUT2D eigenvalue weighted by Crippen LogP contribution is 2.32. The molecule has 0 aromatic heterocycles. The first-order chi connectivity index (χ1) is 15.1. The molecule has 1 heterocycles. The summed E-state index contributed by atoms with van der Waals surface area (Å²) in [5.41, 5.74) is 1.33. The average Bonchev–Trinajstić information content (AvgIpc) is 3.49. The number of nitrogens with zero attached hydrogens (tertiary/aromatic N) is 1. The van der Waals surface area contributed by atoms with E-state index >= 15 is 0 Å². The molecule has 2 fully saturated rings. The summed E-state index contributed by atoms with van der Waals surface area (Å²) >= 11 is 0. The lowest BCUT2D eigenvalue weighted by Crippen LogP contribution is -2.55. The van der Waals surface area contributed by atoms with Gasteiger partial charge in [-0.25, -0.2) is 4.79 Å². The number of rotatable bonds is 5. The van der Waals surface area contributed by atoms with Gasteiger partial charge in [0.1, 0.15) is 5.84 Å². The van der Waals surface area contributed by atoms with E-state index in [1.807, 2.05) is 5.32 Å². The largest absolute Gasteiger partial charge is 0.335 e. The Morgan fingerprint density at radius 1 is 1.12 bits per heavy atom. The Morgan fingerprint density at radius 2 is 1.84 bits per heavy atom. The fourth-order valence-corrected chi connectivity index (χ4v) is 4.32. The van der Waals surface area contributed by atoms with Crippen molar-refractivity contribution in [3.8, 4) is 0 Å². The monoisotopic (exact) mass is 447 g/mol. The second kappa shape index (κ2) is 8.48. The number of nitrogens with one attached hydrogen (secondary N) is 4. The number of benzene rings is 1. The van der Waals surface area contributed by atoms with Crippen molar-refractivity contribution >= 4 is 23.7 Å². The van der Waals surface area contributed by atoms with Gasteiger partial charge in [-0.3, -0.25) is 15.0 Å². The van der Waals surface area contributed by atoms with Crippen molar-refractivity contribution in [2.24, 2.45) is 0 Å². The molecule has 1 aromatic carbocycles.